The Kier molecular flexibility index (Phi) is 2.90. The van der Waals surface area contributed by atoms with Crippen molar-refractivity contribution in [3.05, 3.63) is 58.6 Å². The minimum atomic E-state index is 0.815. The maximum absolute atomic E-state index is 4.45. The summed E-state index contributed by atoms with van der Waals surface area (Å²) in [6.45, 7) is 2.80. The number of hydrogen-bond acceptors (Lipinski definition) is 4. The van der Waals surface area contributed by atoms with E-state index >= 15 is 0 Å². The summed E-state index contributed by atoms with van der Waals surface area (Å²) in [5, 5.41) is 10.2. The molecule has 0 saturated heterocycles. The molecule has 0 bridgehead atoms. The molecule has 1 aromatic carbocycles. The van der Waals surface area contributed by atoms with Crippen LogP contribution in [0.2, 0.25) is 0 Å². The summed E-state index contributed by atoms with van der Waals surface area (Å²) in [6.07, 6.45) is 1.87. The van der Waals surface area contributed by atoms with E-state index in [2.05, 4.69) is 51.3 Å². The number of benzene rings is 1. The van der Waals surface area contributed by atoms with Gasteiger partial charge in [0.1, 0.15) is 5.82 Å². The maximum atomic E-state index is 4.45. The van der Waals surface area contributed by atoms with Crippen LogP contribution in [0.5, 0.6) is 0 Å². The number of rotatable bonds is 3. The lowest BCUT2D eigenvalue weighted by atomic mass is 10.1. The van der Waals surface area contributed by atoms with Crippen LogP contribution in [-0.4, -0.2) is 4.98 Å². The zero-order valence-corrected chi connectivity index (χ0v) is 11.8. The van der Waals surface area contributed by atoms with Crippen LogP contribution in [0.1, 0.15) is 16.7 Å². The van der Waals surface area contributed by atoms with E-state index in [9.17, 15) is 0 Å². The van der Waals surface area contributed by atoms with Gasteiger partial charge in [-0.15, -0.1) is 11.3 Å². The smallest absolute Gasteiger partial charge is 0.134 e. The Morgan fingerprint density at radius 1 is 1.15 bits per heavy atom. The van der Waals surface area contributed by atoms with Crippen molar-refractivity contribution in [3.63, 3.8) is 0 Å². The van der Waals surface area contributed by atoms with Crippen molar-refractivity contribution in [2.75, 3.05) is 5.32 Å². The third kappa shape index (κ3) is 2.07. The van der Waals surface area contributed by atoms with Gasteiger partial charge in [-0.05, 0) is 34.2 Å². The van der Waals surface area contributed by atoms with Crippen molar-refractivity contribution in [2.45, 2.75) is 19.6 Å². The number of thiophene rings is 1. The molecule has 1 aliphatic rings. The van der Waals surface area contributed by atoms with E-state index < -0.39 is 0 Å². The number of pyridine rings is 1. The number of fused-ring (bicyclic) bond motifs is 2. The lowest BCUT2D eigenvalue weighted by Gasteiger charge is -2.08. The Balaban J connectivity index is 1.57. The lowest BCUT2D eigenvalue weighted by molar-refractivity contribution is 0.764. The summed E-state index contributed by atoms with van der Waals surface area (Å²) in [7, 11) is 0. The van der Waals surface area contributed by atoms with Crippen LogP contribution in [0.4, 0.5) is 5.82 Å². The van der Waals surface area contributed by atoms with Gasteiger partial charge in [-0.3, -0.25) is 0 Å². The highest BCUT2D eigenvalue weighted by Crippen LogP contribution is 2.26. The standard InChI is InChI=1S/C16H15N3S/c1-2-12-9-17-10-13(12)7-11(1)8-19-16-14-4-6-20-15(14)3-5-18-16/h1-7,17H,8-10H2,(H,18,19). The van der Waals surface area contributed by atoms with E-state index in [4.69, 9.17) is 0 Å². The van der Waals surface area contributed by atoms with Crippen molar-refractivity contribution >= 4 is 27.2 Å². The minimum Gasteiger partial charge on any atom is -0.365 e. The lowest BCUT2D eigenvalue weighted by Crippen LogP contribution is -2.02. The first kappa shape index (κ1) is 11.9. The summed E-state index contributed by atoms with van der Waals surface area (Å²) in [5.74, 6) is 0.974. The SMILES string of the molecule is c1cc2sccc2c(NCc2ccc3c(c2)CNC3)n1. The van der Waals surface area contributed by atoms with Crippen LogP contribution in [0, 0.1) is 0 Å². The molecule has 0 saturated carbocycles. The van der Waals surface area contributed by atoms with E-state index in [0.29, 0.717) is 0 Å². The Morgan fingerprint density at radius 3 is 3.10 bits per heavy atom. The molecule has 3 aromatic rings. The van der Waals surface area contributed by atoms with Gasteiger partial charge in [0, 0.05) is 35.9 Å². The monoisotopic (exact) mass is 281 g/mol. The first-order valence-electron chi connectivity index (χ1n) is 6.78. The Morgan fingerprint density at radius 2 is 2.10 bits per heavy atom. The summed E-state index contributed by atoms with van der Waals surface area (Å²) in [4.78, 5) is 4.45. The second kappa shape index (κ2) is 4.89. The molecular formula is C16H15N3S. The molecule has 2 aromatic heterocycles. The van der Waals surface area contributed by atoms with Gasteiger partial charge in [-0.1, -0.05) is 18.2 Å². The Hall–Kier alpha value is -1.91. The molecule has 0 amide bonds. The molecule has 2 N–H and O–H groups in total. The number of aromatic nitrogens is 1. The van der Waals surface area contributed by atoms with Gasteiger partial charge in [-0.2, -0.15) is 0 Å². The second-order valence-electron chi connectivity index (χ2n) is 5.05. The van der Waals surface area contributed by atoms with Gasteiger partial charge in [0.15, 0.2) is 0 Å². The maximum Gasteiger partial charge on any atom is 0.134 e. The molecule has 0 fully saturated rings. The predicted molar refractivity (Wildman–Crippen MR) is 83.9 cm³/mol. The molecule has 0 radical (unpaired) electrons. The molecule has 3 nitrogen and oxygen atoms in total. The molecule has 0 spiro atoms. The van der Waals surface area contributed by atoms with Crippen molar-refractivity contribution in [1.82, 2.24) is 10.3 Å². The number of nitrogens with one attached hydrogen (secondary N) is 2. The van der Waals surface area contributed by atoms with Crippen LogP contribution >= 0.6 is 11.3 Å². The Labute approximate surface area is 121 Å². The van der Waals surface area contributed by atoms with E-state index in [1.807, 2.05) is 6.20 Å². The molecule has 4 rings (SSSR count). The molecule has 0 atom stereocenters. The normalized spacial score (nSPS) is 13.6. The first-order valence-corrected chi connectivity index (χ1v) is 7.65. The average molecular weight is 281 g/mol. The summed E-state index contributed by atoms with van der Waals surface area (Å²) in [6, 6.07) is 10.9. The van der Waals surface area contributed by atoms with Gasteiger partial charge in [-0.25, -0.2) is 4.98 Å². The quantitative estimate of drug-likeness (QED) is 0.771. The highest BCUT2D eigenvalue weighted by Gasteiger charge is 2.10. The zero-order chi connectivity index (χ0) is 13.4. The number of anilines is 1. The van der Waals surface area contributed by atoms with Crippen LogP contribution in [-0.2, 0) is 19.6 Å². The number of hydrogen-bond donors (Lipinski definition) is 2. The molecular weight excluding hydrogens is 266 g/mol. The number of nitrogens with zero attached hydrogens (tertiary/aromatic N) is 1. The van der Waals surface area contributed by atoms with E-state index in [0.717, 1.165) is 25.5 Å². The first-order chi connectivity index (χ1) is 9.90. The average Bonchev–Trinajstić information content (AvgIpc) is 3.13. The molecule has 0 unspecified atom stereocenters. The minimum absolute atomic E-state index is 0.815. The van der Waals surface area contributed by atoms with Crippen molar-refractivity contribution in [1.29, 1.82) is 0 Å². The largest absolute Gasteiger partial charge is 0.365 e. The van der Waals surface area contributed by atoms with Crippen LogP contribution in [0.3, 0.4) is 0 Å². The fourth-order valence-corrected chi connectivity index (χ4v) is 3.46. The molecule has 1 aliphatic heterocycles. The molecule has 3 heterocycles. The summed E-state index contributed by atoms with van der Waals surface area (Å²) >= 11 is 1.75. The predicted octanol–water partition coefficient (Wildman–Crippen LogP) is 3.51. The fourth-order valence-electron chi connectivity index (χ4n) is 2.68. The molecule has 4 heteroatoms. The topological polar surface area (TPSA) is 37.0 Å². The van der Waals surface area contributed by atoms with Crippen LogP contribution in [0.15, 0.2) is 41.9 Å². The van der Waals surface area contributed by atoms with Crippen molar-refractivity contribution in [2.24, 2.45) is 0 Å². The molecule has 20 heavy (non-hydrogen) atoms. The summed E-state index contributed by atoms with van der Waals surface area (Å²) in [5.41, 5.74) is 4.15. The Bertz CT molecular complexity index is 763. The molecule has 0 aliphatic carbocycles. The molecule has 100 valence electrons. The van der Waals surface area contributed by atoms with Gasteiger partial charge in [0.25, 0.3) is 0 Å². The third-order valence-corrected chi connectivity index (χ3v) is 4.62. The van der Waals surface area contributed by atoms with E-state index in [1.165, 1.54) is 26.8 Å². The van der Waals surface area contributed by atoms with Gasteiger partial charge in [0.05, 0.1) is 0 Å². The van der Waals surface area contributed by atoms with Crippen LogP contribution < -0.4 is 10.6 Å². The van der Waals surface area contributed by atoms with E-state index in [-0.39, 0.29) is 0 Å². The van der Waals surface area contributed by atoms with Gasteiger partial charge in [0.2, 0.25) is 0 Å². The zero-order valence-electron chi connectivity index (χ0n) is 11.0. The summed E-state index contributed by atoms with van der Waals surface area (Å²) < 4.78 is 1.28. The fraction of sp³-hybridized carbons (Fsp3) is 0.188. The van der Waals surface area contributed by atoms with Gasteiger partial charge >= 0.3 is 0 Å². The van der Waals surface area contributed by atoms with Crippen molar-refractivity contribution in [3.8, 4) is 0 Å². The van der Waals surface area contributed by atoms with Gasteiger partial charge < -0.3 is 10.6 Å². The third-order valence-electron chi connectivity index (χ3n) is 3.74. The highest BCUT2D eigenvalue weighted by atomic mass is 32.1. The highest BCUT2D eigenvalue weighted by molar-refractivity contribution is 7.17. The van der Waals surface area contributed by atoms with E-state index in [1.54, 1.807) is 11.3 Å². The second-order valence-corrected chi connectivity index (χ2v) is 6.00. The van der Waals surface area contributed by atoms with Crippen molar-refractivity contribution < 1.29 is 0 Å². The van der Waals surface area contributed by atoms with Crippen LogP contribution in [0.25, 0.3) is 10.1 Å².